The Balaban J connectivity index is 2.47. The Morgan fingerprint density at radius 2 is 2.05 bits per heavy atom. The van der Waals surface area contributed by atoms with E-state index < -0.39 is 0 Å². The van der Waals surface area contributed by atoms with Crippen LogP contribution in [-0.4, -0.2) is 24.1 Å². The van der Waals surface area contributed by atoms with Gasteiger partial charge in [0.05, 0.1) is 30.7 Å². The van der Waals surface area contributed by atoms with Crippen LogP contribution in [0.2, 0.25) is 0 Å². The van der Waals surface area contributed by atoms with E-state index in [2.05, 4.69) is 15.3 Å². The molecule has 0 spiro atoms. The predicted octanol–water partition coefficient (Wildman–Crippen LogP) is 2.24. The fraction of sp³-hybridized carbons (Fsp3) is 0.286. The van der Waals surface area contributed by atoms with Gasteiger partial charge in [0, 0.05) is 11.8 Å². The Labute approximate surface area is 111 Å². The highest BCUT2D eigenvalue weighted by atomic mass is 19.1. The van der Waals surface area contributed by atoms with Crippen LogP contribution in [0, 0.1) is 12.7 Å². The summed E-state index contributed by atoms with van der Waals surface area (Å²) in [4.78, 5) is 8.54. The van der Waals surface area contributed by atoms with Gasteiger partial charge in [-0.1, -0.05) is 0 Å². The molecule has 1 atom stereocenters. The number of methoxy groups -OCH3 is 1. The molecule has 1 aromatic heterocycles. The monoisotopic (exact) mass is 261 g/mol. The Bertz CT molecular complexity index is 557. The summed E-state index contributed by atoms with van der Waals surface area (Å²) in [6, 6.07) is 4.16. The molecule has 19 heavy (non-hydrogen) atoms. The van der Waals surface area contributed by atoms with Crippen molar-refractivity contribution in [2.45, 2.75) is 13.0 Å². The van der Waals surface area contributed by atoms with Crippen molar-refractivity contribution in [3.63, 3.8) is 0 Å². The Morgan fingerprint density at radius 1 is 1.26 bits per heavy atom. The van der Waals surface area contributed by atoms with E-state index in [0.717, 1.165) is 11.4 Å². The molecule has 0 fully saturated rings. The first kappa shape index (κ1) is 13.4. The summed E-state index contributed by atoms with van der Waals surface area (Å²) >= 11 is 0. The van der Waals surface area contributed by atoms with E-state index in [1.165, 1.54) is 12.1 Å². The zero-order valence-corrected chi connectivity index (χ0v) is 11.1. The number of ether oxygens (including phenoxy) is 1. The van der Waals surface area contributed by atoms with E-state index in [1.807, 2.05) is 6.92 Å². The standard InChI is InChI=1S/C14H16FN3O/c1-9-7-18-12(8-17-9)14(16-2)11-6-10(15)4-5-13(11)19-3/h4-8,14,16H,1-3H3. The molecule has 5 heteroatoms. The third-order valence-corrected chi connectivity index (χ3v) is 2.89. The van der Waals surface area contributed by atoms with Crippen molar-refractivity contribution in [1.82, 2.24) is 15.3 Å². The predicted molar refractivity (Wildman–Crippen MR) is 70.6 cm³/mol. The molecule has 0 aliphatic carbocycles. The minimum absolute atomic E-state index is 0.265. The van der Waals surface area contributed by atoms with Gasteiger partial charge in [0.2, 0.25) is 0 Å². The SMILES string of the molecule is CNC(c1cnc(C)cn1)c1cc(F)ccc1OC. The molecule has 1 unspecified atom stereocenters. The number of nitrogens with zero attached hydrogens (tertiary/aromatic N) is 2. The van der Waals surface area contributed by atoms with E-state index in [-0.39, 0.29) is 11.9 Å². The van der Waals surface area contributed by atoms with Crippen LogP contribution in [0.1, 0.15) is 23.0 Å². The van der Waals surface area contributed by atoms with Crippen molar-refractivity contribution in [2.75, 3.05) is 14.2 Å². The van der Waals surface area contributed by atoms with Crippen LogP contribution in [0.4, 0.5) is 4.39 Å². The molecule has 0 aliphatic heterocycles. The molecular weight excluding hydrogens is 245 g/mol. The minimum Gasteiger partial charge on any atom is -0.496 e. The van der Waals surface area contributed by atoms with Crippen LogP contribution in [0.15, 0.2) is 30.6 Å². The second-order valence-electron chi connectivity index (χ2n) is 4.19. The van der Waals surface area contributed by atoms with Crippen LogP contribution < -0.4 is 10.1 Å². The lowest BCUT2D eigenvalue weighted by Crippen LogP contribution is -2.20. The van der Waals surface area contributed by atoms with Crippen molar-refractivity contribution >= 4 is 0 Å². The van der Waals surface area contributed by atoms with Crippen LogP contribution in [-0.2, 0) is 0 Å². The minimum atomic E-state index is -0.309. The number of hydrogen-bond donors (Lipinski definition) is 1. The zero-order chi connectivity index (χ0) is 13.8. The third kappa shape index (κ3) is 2.88. The molecule has 0 bridgehead atoms. The summed E-state index contributed by atoms with van der Waals surface area (Å²) in [5.74, 6) is 0.305. The molecule has 100 valence electrons. The van der Waals surface area contributed by atoms with E-state index in [9.17, 15) is 4.39 Å². The van der Waals surface area contributed by atoms with Gasteiger partial charge in [-0.15, -0.1) is 0 Å². The number of benzene rings is 1. The maximum absolute atomic E-state index is 13.4. The van der Waals surface area contributed by atoms with Gasteiger partial charge in [-0.25, -0.2) is 4.39 Å². The summed E-state index contributed by atoms with van der Waals surface area (Å²) in [6.07, 6.45) is 3.37. The smallest absolute Gasteiger partial charge is 0.124 e. The average Bonchev–Trinajstić information content (AvgIpc) is 2.42. The Hall–Kier alpha value is -2.01. The third-order valence-electron chi connectivity index (χ3n) is 2.89. The summed E-state index contributed by atoms with van der Waals surface area (Å²) in [6.45, 7) is 1.87. The second-order valence-corrected chi connectivity index (χ2v) is 4.19. The quantitative estimate of drug-likeness (QED) is 0.917. The number of halogens is 1. The van der Waals surface area contributed by atoms with Crippen molar-refractivity contribution in [2.24, 2.45) is 0 Å². The van der Waals surface area contributed by atoms with Gasteiger partial charge in [0.15, 0.2) is 0 Å². The highest BCUT2D eigenvalue weighted by molar-refractivity contribution is 5.40. The maximum Gasteiger partial charge on any atom is 0.124 e. The first-order valence-corrected chi connectivity index (χ1v) is 5.95. The van der Waals surface area contributed by atoms with Crippen molar-refractivity contribution in [3.05, 3.63) is 53.4 Å². The largest absolute Gasteiger partial charge is 0.496 e. The second kappa shape index (κ2) is 5.75. The highest BCUT2D eigenvalue weighted by Gasteiger charge is 2.18. The summed E-state index contributed by atoms with van der Waals surface area (Å²) in [5, 5.41) is 3.11. The van der Waals surface area contributed by atoms with Crippen LogP contribution >= 0.6 is 0 Å². The lowest BCUT2D eigenvalue weighted by atomic mass is 10.0. The number of rotatable bonds is 4. The molecule has 0 saturated heterocycles. The average molecular weight is 261 g/mol. The molecule has 0 aliphatic rings. The molecule has 0 saturated carbocycles. The fourth-order valence-electron chi connectivity index (χ4n) is 1.95. The van der Waals surface area contributed by atoms with E-state index in [4.69, 9.17) is 4.74 Å². The van der Waals surface area contributed by atoms with Gasteiger partial charge in [0.25, 0.3) is 0 Å². The van der Waals surface area contributed by atoms with Crippen molar-refractivity contribution in [1.29, 1.82) is 0 Å². The molecule has 2 aromatic rings. The van der Waals surface area contributed by atoms with Gasteiger partial charge < -0.3 is 10.1 Å². The maximum atomic E-state index is 13.4. The molecule has 4 nitrogen and oxygen atoms in total. The van der Waals surface area contributed by atoms with Gasteiger partial charge in [-0.2, -0.15) is 0 Å². The number of hydrogen-bond acceptors (Lipinski definition) is 4. The van der Waals surface area contributed by atoms with E-state index in [0.29, 0.717) is 11.3 Å². The summed E-state index contributed by atoms with van der Waals surface area (Å²) in [7, 11) is 3.35. The van der Waals surface area contributed by atoms with E-state index >= 15 is 0 Å². The molecule has 1 N–H and O–H groups in total. The van der Waals surface area contributed by atoms with Gasteiger partial charge in [0.1, 0.15) is 11.6 Å². The lowest BCUT2D eigenvalue weighted by molar-refractivity contribution is 0.403. The molecular formula is C14H16FN3O. The van der Waals surface area contributed by atoms with Gasteiger partial charge in [-0.3, -0.25) is 9.97 Å². The molecule has 0 radical (unpaired) electrons. The topological polar surface area (TPSA) is 47.0 Å². The molecule has 0 amide bonds. The summed E-state index contributed by atoms with van der Waals surface area (Å²) < 4.78 is 18.7. The van der Waals surface area contributed by atoms with Crippen molar-refractivity contribution < 1.29 is 9.13 Å². The number of aromatic nitrogens is 2. The fourth-order valence-corrected chi connectivity index (χ4v) is 1.95. The number of aryl methyl sites for hydroxylation is 1. The molecule has 2 rings (SSSR count). The number of nitrogens with one attached hydrogen (secondary N) is 1. The Kier molecular flexibility index (Phi) is 4.06. The molecule has 1 aromatic carbocycles. The van der Waals surface area contributed by atoms with Gasteiger partial charge >= 0.3 is 0 Å². The lowest BCUT2D eigenvalue weighted by Gasteiger charge is -2.18. The Morgan fingerprint density at radius 3 is 2.63 bits per heavy atom. The van der Waals surface area contributed by atoms with Crippen LogP contribution in [0.25, 0.3) is 0 Å². The normalized spacial score (nSPS) is 12.2. The van der Waals surface area contributed by atoms with Crippen molar-refractivity contribution in [3.8, 4) is 5.75 Å². The van der Waals surface area contributed by atoms with Crippen LogP contribution in [0.3, 0.4) is 0 Å². The van der Waals surface area contributed by atoms with E-state index in [1.54, 1.807) is 32.6 Å². The molecule has 1 heterocycles. The van der Waals surface area contributed by atoms with Crippen LogP contribution in [0.5, 0.6) is 5.75 Å². The zero-order valence-electron chi connectivity index (χ0n) is 11.1. The first-order valence-electron chi connectivity index (χ1n) is 5.95. The first-order chi connectivity index (χ1) is 9.15. The summed E-state index contributed by atoms with van der Waals surface area (Å²) in [5.41, 5.74) is 2.25. The van der Waals surface area contributed by atoms with Gasteiger partial charge in [-0.05, 0) is 32.2 Å². The highest BCUT2D eigenvalue weighted by Crippen LogP contribution is 2.29.